The van der Waals surface area contributed by atoms with E-state index in [0.29, 0.717) is 44.9 Å². The van der Waals surface area contributed by atoms with Gasteiger partial charge in [-0.1, -0.05) is 53.2 Å². The number of aliphatic hydroxyl groups excluding tert-OH is 12. The lowest BCUT2D eigenvalue weighted by Gasteiger charge is -2.71. The van der Waals surface area contributed by atoms with Crippen molar-refractivity contribution in [2.45, 2.75) is 222 Å². The summed E-state index contributed by atoms with van der Waals surface area (Å²) in [5.41, 5.74) is -4.27. The summed E-state index contributed by atoms with van der Waals surface area (Å²) >= 11 is 0. The Kier molecular flexibility index (Phi) is 15.6. The third-order valence-corrected chi connectivity index (χ3v) is 20.8. The van der Waals surface area contributed by atoms with Crippen molar-refractivity contribution in [2.75, 3.05) is 33.0 Å². The molecule has 424 valence electrons. The third-order valence-electron chi connectivity index (χ3n) is 20.8. The minimum Gasteiger partial charge on any atom is -0.432 e. The Morgan fingerprint density at radius 1 is 0.662 bits per heavy atom. The first-order chi connectivity index (χ1) is 34.6. The normalized spacial score (nSPS) is 55.2. The number of hydrogen-bond donors (Lipinski definition) is 13. The van der Waals surface area contributed by atoms with Crippen LogP contribution in [0.2, 0.25) is 0 Å². The van der Waals surface area contributed by atoms with Crippen molar-refractivity contribution < 1.29 is 109 Å². The molecule has 22 nitrogen and oxygen atoms in total. The van der Waals surface area contributed by atoms with Crippen LogP contribution in [0, 0.1) is 50.2 Å². The van der Waals surface area contributed by atoms with E-state index in [2.05, 4.69) is 40.7 Å². The highest BCUT2D eigenvalue weighted by Gasteiger charge is 2.71. The lowest BCUT2D eigenvalue weighted by molar-refractivity contribution is -0.385. The van der Waals surface area contributed by atoms with Gasteiger partial charge in [-0.2, -0.15) is 0 Å². The second-order valence-corrected chi connectivity index (χ2v) is 25.5. The fraction of sp³-hybridized carbons (Fsp3) is 0.942. The minimum atomic E-state index is -2.16. The highest BCUT2D eigenvalue weighted by molar-refractivity contribution is 5.79. The fourth-order valence-electron chi connectivity index (χ4n) is 16.0. The Labute approximate surface area is 431 Å². The van der Waals surface area contributed by atoms with Crippen LogP contribution < -0.4 is 0 Å². The molecule has 0 bridgehead atoms. The van der Waals surface area contributed by atoms with Gasteiger partial charge in [0.2, 0.25) is 6.29 Å². The maximum atomic E-state index is 15.5. The van der Waals surface area contributed by atoms with E-state index in [0.717, 1.165) is 18.4 Å². The number of carbonyl (C=O) groups excluding carboxylic acids is 1. The average molecular weight is 1060 g/mol. The number of aliphatic hydroxyl groups is 13. The van der Waals surface area contributed by atoms with E-state index in [1.54, 1.807) is 0 Å². The van der Waals surface area contributed by atoms with Gasteiger partial charge in [0.1, 0.15) is 66.6 Å². The van der Waals surface area contributed by atoms with Gasteiger partial charge in [-0.05, 0) is 104 Å². The molecule has 4 aliphatic heterocycles. The van der Waals surface area contributed by atoms with Crippen LogP contribution in [0.25, 0.3) is 0 Å². The van der Waals surface area contributed by atoms with E-state index in [9.17, 15) is 66.4 Å². The van der Waals surface area contributed by atoms with Gasteiger partial charge in [0, 0.05) is 5.41 Å². The fourth-order valence-corrected chi connectivity index (χ4v) is 16.0. The van der Waals surface area contributed by atoms with Crippen LogP contribution in [0.15, 0.2) is 11.6 Å². The van der Waals surface area contributed by atoms with Gasteiger partial charge in [-0.3, -0.25) is 4.79 Å². The van der Waals surface area contributed by atoms with Crippen LogP contribution in [0.3, 0.4) is 0 Å². The van der Waals surface area contributed by atoms with E-state index in [1.165, 1.54) is 6.92 Å². The molecule has 9 rings (SSSR count). The SMILES string of the molecule is C[C@@H]1O[C@@H](O[C@H]2[C@H](OC(=O)[C@]34CCC(C)(C)C[C@H]3C3=CC[C@@H]5[C@@]6(C)C[C@H](O)[C@H](O)[C@](C)(CO)[C@@H]6CC[C@@]5(C)[C@]3(C)CC4)O[C@H](CO)[C@@H](O)[C@@H]2O)[C@H](O)[C@H](O[C@@H]2OC[C@](O)(CO)[C@H]2O)[C@H]1O[C@@H]1OC[C@@H](O)[C@H](O)[C@H]1O. The van der Waals surface area contributed by atoms with Gasteiger partial charge in [0.25, 0.3) is 0 Å². The molecule has 8 fully saturated rings. The maximum absolute atomic E-state index is 15.5. The zero-order valence-corrected chi connectivity index (χ0v) is 43.6. The molecule has 0 aromatic heterocycles. The largest absolute Gasteiger partial charge is 0.432 e. The van der Waals surface area contributed by atoms with Crippen molar-refractivity contribution in [2.24, 2.45) is 50.2 Å². The number of esters is 1. The second kappa shape index (κ2) is 20.2. The minimum absolute atomic E-state index is 0.0428. The molecule has 0 radical (unpaired) electrons. The molecule has 0 spiro atoms. The van der Waals surface area contributed by atoms with E-state index in [4.69, 9.17) is 37.9 Å². The van der Waals surface area contributed by atoms with E-state index in [1.807, 2.05) is 6.92 Å². The van der Waals surface area contributed by atoms with Crippen molar-refractivity contribution in [3.63, 3.8) is 0 Å². The molecule has 0 aromatic carbocycles. The summed E-state index contributed by atoms with van der Waals surface area (Å²) < 4.78 is 47.9. The Morgan fingerprint density at radius 2 is 1.34 bits per heavy atom. The van der Waals surface area contributed by atoms with Crippen molar-refractivity contribution >= 4 is 5.97 Å². The molecule has 27 atom stereocenters. The number of rotatable bonds is 11. The monoisotopic (exact) mass is 1060 g/mol. The standard InChI is InChI=1S/C52H84O22/c1-23-36(71-41-34(61)31(58)27(57)19-67-41)37(72-44-40(64)52(66,21-55)22-68-44)35(62)42(69-23)73-38-33(60)32(59)28(18-53)70-43(38)74-45(65)51-14-12-46(2,3)16-25(51)24-8-9-30-47(4)17-26(56)39(63)48(5,20-54)29(47)10-11-50(30,7)49(24,6)13-15-51/h8,23,25-44,53-64,66H,9-22H2,1-7H3/t23-,25-,26-,27+,28+,29+,30+,31-,32+,33-,34+,35+,36-,37-,38+,39-,40-,41-,42-,43-,44-,47-,48+,49+,50+,51-,52+/m0/s1. The Balaban J connectivity index is 1.00. The summed E-state index contributed by atoms with van der Waals surface area (Å²) in [6.07, 6.45) is -21.4. The number of allylic oxidation sites excluding steroid dienone is 2. The van der Waals surface area contributed by atoms with Gasteiger partial charge in [0.15, 0.2) is 25.0 Å². The molecule has 13 N–H and O–H groups in total. The zero-order valence-electron chi connectivity index (χ0n) is 43.6. The molecule has 4 heterocycles. The first kappa shape index (κ1) is 57.1. The number of carbonyl (C=O) groups is 1. The quantitative estimate of drug-likeness (QED) is 0.0803. The van der Waals surface area contributed by atoms with Crippen molar-refractivity contribution in [3.8, 4) is 0 Å². The van der Waals surface area contributed by atoms with Gasteiger partial charge in [-0.25, -0.2) is 0 Å². The second-order valence-electron chi connectivity index (χ2n) is 25.5. The summed E-state index contributed by atoms with van der Waals surface area (Å²) in [7, 11) is 0. The van der Waals surface area contributed by atoms with Gasteiger partial charge >= 0.3 is 5.97 Å². The molecule has 0 amide bonds. The molecule has 0 unspecified atom stereocenters. The Bertz CT molecular complexity index is 2060. The predicted molar refractivity (Wildman–Crippen MR) is 252 cm³/mol. The lowest BCUT2D eigenvalue weighted by Crippen LogP contribution is -2.68. The highest BCUT2D eigenvalue weighted by atomic mass is 16.8. The van der Waals surface area contributed by atoms with Gasteiger partial charge < -0.3 is 104 Å². The van der Waals surface area contributed by atoms with E-state index in [-0.39, 0.29) is 35.2 Å². The highest BCUT2D eigenvalue weighted by Crippen LogP contribution is 2.76. The molecule has 22 heteroatoms. The first-order valence-electron chi connectivity index (χ1n) is 26.7. The molecule has 5 aliphatic carbocycles. The number of fused-ring (bicyclic) bond motifs is 7. The summed E-state index contributed by atoms with van der Waals surface area (Å²) in [4.78, 5) is 15.5. The third kappa shape index (κ3) is 8.88. The van der Waals surface area contributed by atoms with Crippen molar-refractivity contribution in [1.29, 1.82) is 0 Å². The maximum Gasteiger partial charge on any atom is 0.315 e. The van der Waals surface area contributed by atoms with Crippen LogP contribution in [0.4, 0.5) is 0 Å². The summed E-state index contributed by atoms with van der Waals surface area (Å²) in [6, 6.07) is 0. The topological polar surface area (TPSA) is 354 Å². The Morgan fingerprint density at radius 3 is 2.00 bits per heavy atom. The number of ether oxygens (including phenoxy) is 8. The predicted octanol–water partition coefficient (Wildman–Crippen LogP) is -1.78. The van der Waals surface area contributed by atoms with Crippen LogP contribution in [-0.4, -0.2) is 222 Å². The van der Waals surface area contributed by atoms with Crippen molar-refractivity contribution in [1.82, 2.24) is 0 Å². The van der Waals surface area contributed by atoms with E-state index >= 15 is 4.79 Å². The molecule has 9 aliphatic rings. The smallest absolute Gasteiger partial charge is 0.315 e. The molecule has 74 heavy (non-hydrogen) atoms. The molecule has 4 saturated heterocycles. The molecular formula is C52H84O22. The van der Waals surface area contributed by atoms with Crippen molar-refractivity contribution in [3.05, 3.63) is 11.6 Å². The summed E-state index contributed by atoms with van der Waals surface area (Å²) in [5, 5.41) is 142. The zero-order chi connectivity index (χ0) is 54.0. The van der Waals surface area contributed by atoms with Gasteiger partial charge in [-0.15, -0.1) is 0 Å². The molecule has 4 saturated carbocycles. The van der Waals surface area contributed by atoms with Crippen LogP contribution in [0.5, 0.6) is 0 Å². The van der Waals surface area contributed by atoms with Gasteiger partial charge in [0.05, 0.1) is 56.8 Å². The van der Waals surface area contributed by atoms with Crippen LogP contribution in [-0.2, 0) is 42.7 Å². The number of hydrogen-bond acceptors (Lipinski definition) is 22. The summed E-state index contributed by atoms with van der Waals surface area (Å²) in [5.74, 6) is -0.898. The molecular weight excluding hydrogens is 977 g/mol. The Hall–Kier alpha value is -1.59. The molecule has 0 aromatic rings. The average Bonchev–Trinajstić information content (AvgIpc) is 3.64. The van der Waals surface area contributed by atoms with Crippen LogP contribution in [0.1, 0.15) is 106 Å². The lowest BCUT2D eigenvalue weighted by atomic mass is 9.33. The first-order valence-corrected chi connectivity index (χ1v) is 26.7. The summed E-state index contributed by atoms with van der Waals surface area (Å²) in [6.45, 7) is 11.6. The van der Waals surface area contributed by atoms with E-state index < -0.39 is 170 Å². The van der Waals surface area contributed by atoms with Crippen LogP contribution >= 0.6 is 0 Å².